The van der Waals surface area contributed by atoms with Gasteiger partial charge in [0.15, 0.2) is 0 Å². The van der Waals surface area contributed by atoms with E-state index in [1.165, 1.54) is 42.6 Å². The first-order chi connectivity index (χ1) is 9.03. The molecule has 1 N–H and O–H groups in total. The van der Waals surface area contributed by atoms with Crippen molar-refractivity contribution >= 4 is 0 Å². The van der Waals surface area contributed by atoms with Gasteiger partial charge in [-0.3, -0.25) is 0 Å². The molecule has 104 valence electrons. The zero-order chi connectivity index (χ0) is 13.5. The second-order valence-corrected chi connectivity index (χ2v) is 7.00. The Morgan fingerprint density at radius 2 is 2.05 bits per heavy atom. The third-order valence-electron chi connectivity index (χ3n) is 4.69. The number of aromatic nitrogens is 2. The van der Waals surface area contributed by atoms with Crippen LogP contribution >= 0.6 is 0 Å². The fraction of sp³-hybridized carbons (Fsp3) is 0.750. The lowest BCUT2D eigenvalue weighted by Gasteiger charge is -2.31. The monoisotopic (exact) mass is 259 g/mol. The SMILES string of the molecule is Cc1nc(CNC2CCC2)nc2c1CC(C)(C)CC2. The van der Waals surface area contributed by atoms with Crippen LogP contribution in [-0.2, 0) is 19.4 Å². The van der Waals surface area contributed by atoms with Gasteiger partial charge in [-0.25, -0.2) is 9.97 Å². The van der Waals surface area contributed by atoms with E-state index in [0.717, 1.165) is 25.2 Å². The predicted molar refractivity (Wildman–Crippen MR) is 77.1 cm³/mol. The molecule has 3 nitrogen and oxygen atoms in total. The topological polar surface area (TPSA) is 37.8 Å². The molecule has 3 heteroatoms. The van der Waals surface area contributed by atoms with Gasteiger partial charge in [0.25, 0.3) is 0 Å². The van der Waals surface area contributed by atoms with Crippen molar-refractivity contribution in [2.75, 3.05) is 0 Å². The van der Waals surface area contributed by atoms with Gasteiger partial charge in [-0.15, -0.1) is 0 Å². The lowest BCUT2D eigenvalue weighted by atomic mass is 9.75. The molecule has 0 amide bonds. The van der Waals surface area contributed by atoms with Crippen LogP contribution in [0.5, 0.6) is 0 Å². The number of fused-ring (bicyclic) bond motifs is 1. The number of rotatable bonds is 3. The number of nitrogens with one attached hydrogen (secondary N) is 1. The van der Waals surface area contributed by atoms with Gasteiger partial charge in [-0.05, 0) is 50.0 Å². The third-order valence-corrected chi connectivity index (χ3v) is 4.69. The van der Waals surface area contributed by atoms with Gasteiger partial charge in [0.05, 0.1) is 6.54 Å². The summed E-state index contributed by atoms with van der Waals surface area (Å²) in [6.07, 6.45) is 7.49. The Morgan fingerprint density at radius 3 is 2.74 bits per heavy atom. The molecule has 0 saturated heterocycles. The second kappa shape index (κ2) is 4.86. The Kier molecular flexibility index (Phi) is 3.34. The Morgan fingerprint density at radius 1 is 1.26 bits per heavy atom. The Balaban J connectivity index is 1.75. The van der Waals surface area contributed by atoms with E-state index in [1.807, 2.05) is 0 Å². The molecule has 1 fully saturated rings. The molecule has 1 heterocycles. The normalized spacial score (nSPS) is 21.8. The summed E-state index contributed by atoms with van der Waals surface area (Å²) in [5, 5.41) is 3.56. The molecule has 0 bridgehead atoms. The van der Waals surface area contributed by atoms with E-state index < -0.39 is 0 Å². The summed E-state index contributed by atoms with van der Waals surface area (Å²) in [4.78, 5) is 9.51. The van der Waals surface area contributed by atoms with E-state index >= 15 is 0 Å². The molecule has 2 aliphatic carbocycles. The molecule has 0 radical (unpaired) electrons. The van der Waals surface area contributed by atoms with Crippen molar-refractivity contribution in [1.29, 1.82) is 0 Å². The predicted octanol–water partition coefficient (Wildman–Crippen LogP) is 2.94. The van der Waals surface area contributed by atoms with Crippen molar-refractivity contribution in [3.8, 4) is 0 Å². The smallest absolute Gasteiger partial charge is 0.142 e. The molecule has 0 spiro atoms. The van der Waals surface area contributed by atoms with Gasteiger partial charge in [0.1, 0.15) is 5.82 Å². The van der Waals surface area contributed by atoms with Gasteiger partial charge >= 0.3 is 0 Å². The van der Waals surface area contributed by atoms with E-state index in [1.54, 1.807) is 0 Å². The minimum absolute atomic E-state index is 0.410. The van der Waals surface area contributed by atoms with E-state index in [4.69, 9.17) is 9.97 Å². The quantitative estimate of drug-likeness (QED) is 0.907. The number of aryl methyl sites for hydroxylation is 2. The van der Waals surface area contributed by atoms with Gasteiger partial charge in [-0.2, -0.15) is 0 Å². The molecule has 1 saturated carbocycles. The first-order valence-electron chi connectivity index (χ1n) is 7.62. The summed E-state index contributed by atoms with van der Waals surface area (Å²) in [5.41, 5.74) is 4.32. The Bertz CT molecular complexity index is 475. The standard InChI is InChI=1S/C16H25N3/c1-11-13-9-16(2,3)8-7-14(13)19-15(18-11)10-17-12-5-4-6-12/h12,17H,4-10H2,1-3H3. The molecule has 19 heavy (non-hydrogen) atoms. The molecular formula is C16H25N3. The minimum atomic E-state index is 0.410. The van der Waals surface area contributed by atoms with Crippen LogP contribution < -0.4 is 5.32 Å². The lowest BCUT2D eigenvalue weighted by molar-refractivity contribution is 0.308. The molecule has 0 unspecified atom stereocenters. The molecule has 0 aromatic carbocycles. The maximum absolute atomic E-state index is 4.80. The first kappa shape index (κ1) is 13.0. The molecule has 2 aliphatic rings. The summed E-state index contributed by atoms with van der Waals surface area (Å²) < 4.78 is 0. The van der Waals surface area contributed by atoms with Crippen LogP contribution in [0, 0.1) is 12.3 Å². The van der Waals surface area contributed by atoms with Crippen LogP contribution in [0.25, 0.3) is 0 Å². The van der Waals surface area contributed by atoms with Crippen molar-refractivity contribution in [2.45, 2.75) is 71.9 Å². The van der Waals surface area contributed by atoms with Crippen LogP contribution in [0.4, 0.5) is 0 Å². The molecular weight excluding hydrogens is 234 g/mol. The van der Waals surface area contributed by atoms with Crippen LogP contribution in [0.1, 0.15) is 62.3 Å². The molecule has 3 rings (SSSR count). The largest absolute Gasteiger partial charge is 0.307 e. The first-order valence-corrected chi connectivity index (χ1v) is 7.62. The average molecular weight is 259 g/mol. The van der Waals surface area contributed by atoms with Crippen LogP contribution in [0.3, 0.4) is 0 Å². The van der Waals surface area contributed by atoms with Gasteiger partial charge in [0, 0.05) is 17.4 Å². The molecule has 0 aliphatic heterocycles. The highest BCUT2D eigenvalue weighted by Gasteiger charge is 2.28. The van der Waals surface area contributed by atoms with Crippen LogP contribution in [-0.4, -0.2) is 16.0 Å². The average Bonchev–Trinajstić information content (AvgIpc) is 2.28. The fourth-order valence-corrected chi connectivity index (χ4v) is 3.11. The van der Waals surface area contributed by atoms with E-state index in [-0.39, 0.29) is 0 Å². The van der Waals surface area contributed by atoms with Crippen molar-refractivity contribution in [1.82, 2.24) is 15.3 Å². The zero-order valence-electron chi connectivity index (χ0n) is 12.4. The van der Waals surface area contributed by atoms with Crippen molar-refractivity contribution in [3.63, 3.8) is 0 Å². The number of hydrogen-bond donors (Lipinski definition) is 1. The summed E-state index contributed by atoms with van der Waals surface area (Å²) >= 11 is 0. The van der Waals surface area contributed by atoms with Gasteiger partial charge in [-0.1, -0.05) is 20.3 Å². The number of hydrogen-bond acceptors (Lipinski definition) is 3. The Labute approximate surface area is 116 Å². The lowest BCUT2D eigenvalue weighted by Crippen LogP contribution is -2.35. The summed E-state index contributed by atoms with van der Waals surface area (Å²) in [6.45, 7) is 7.68. The summed E-state index contributed by atoms with van der Waals surface area (Å²) in [5.74, 6) is 0.989. The third kappa shape index (κ3) is 2.81. The molecule has 1 aromatic heterocycles. The van der Waals surface area contributed by atoms with E-state index in [9.17, 15) is 0 Å². The van der Waals surface area contributed by atoms with Crippen molar-refractivity contribution in [3.05, 3.63) is 22.8 Å². The highest BCUT2D eigenvalue weighted by Crippen LogP contribution is 2.34. The van der Waals surface area contributed by atoms with Crippen molar-refractivity contribution < 1.29 is 0 Å². The van der Waals surface area contributed by atoms with Gasteiger partial charge < -0.3 is 5.32 Å². The van der Waals surface area contributed by atoms with Crippen LogP contribution in [0.15, 0.2) is 0 Å². The highest BCUT2D eigenvalue weighted by molar-refractivity contribution is 5.29. The summed E-state index contributed by atoms with van der Waals surface area (Å²) in [7, 11) is 0. The van der Waals surface area contributed by atoms with Crippen LogP contribution in [0.2, 0.25) is 0 Å². The maximum Gasteiger partial charge on any atom is 0.142 e. The number of nitrogens with zero attached hydrogens (tertiary/aromatic N) is 2. The fourth-order valence-electron chi connectivity index (χ4n) is 3.11. The molecule has 1 aromatic rings. The Hall–Kier alpha value is -0.960. The van der Waals surface area contributed by atoms with E-state index in [0.29, 0.717) is 11.5 Å². The molecule has 0 atom stereocenters. The summed E-state index contributed by atoms with van der Waals surface area (Å²) in [6, 6.07) is 0.707. The van der Waals surface area contributed by atoms with Gasteiger partial charge in [0.2, 0.25) is 0 Å². The zero-order valence-corrected chi connectivity index (χ0v) is 12.4. The highest BCUT2D eigenvalue weighted by atomic mass is 15.0. The maximum atomic E-state index is 4.80. The second-order valence-electron chi connectivity index (χ2n) is 7.00. The van der Waals surface area contributed by atoms with E-state index in [2.05, 4.69) is 26.1 Å². The minimum Gasteiger partial charge on any atom is -0.307 e. The van der Waals surface area contributed by atoms with Crippen molar-refractivity contribution in [2.24, 2.45) is 5.41 Å².